The van der Waals surface area contributed by atoms with Crippen LogP contribution in [0.2, 0.25) is 10.0 Å². The first-order valence-corrected chi connectivity index (χ1v) is 7.11. The van der Waals surface area contributed by atoms with Crippen molar-refractivity contribution >= 4 is 23.2 Å². The molecule has 0 aliphatic heterocycles. The van der Waals surface area contributed by atoms with Crippen molar-refractivity contribution in [2.45, 2.75) is 12.6 Å². The fraction of sp³-hybridized carbons (Fsp3) is 0.385. The number of hydrogen-bond donors (Lipinski definition) is 2. The average Bonchev–Trinajstić information content (AvgIpc) is 2.83. The number of halogens is 2. The lowest BCUT2D eigenvalue weighted by atomic mass is 10.3. The molecule has 6 nitrogen and oxygen atoms in total. The first-order chi connectivity index (χ1) is 10.0. The third-order valence-electron chi connectivity index (χ3n) is 2.64. The number of aryl methyl sites for hydroxylation is 1. The molecule has 2 rings (SSSR count). The second-order valence-electron chi connectivity index (χ2n) is 4.50. The van der Waals surface area contributed by atoms with Gasteiger partial charge in [-0.1, -0.05) is 23.2 Å². The maximum atomic E-state index is 9.84. The van der Waals surface area contributed by atoms with Crippen LogP contribution < -0.4 is 10.1 Å². The molecule has 1 unspecified atom stereocenters. The number of aliphatic hydroxyl groups excluding tert-OH is 1. The van der Waals surface area contributed by atoms with Crippen LogP contribution in [0, 0.1) is 0 Å². The zero-order valence-corrected chi connectivity index (χ0v) is 13.0. The molecule has 0 spiro atoms. The van der Waals surface area contributed by atoms with E-state index in [2.05, 4.69) is 15.4 Å². The molecule has 0 amide bonds. The van der Waals surface area contributed by atoms with Crippen molar-refractivity contribution < 1.29 is 9.84 Å². The maximum absolute atomic E-state index is 9.84. The molecule has 0 fully saturated rings. The summed E-state index contributed by atoms with van der Waals surface area (Å²) in [6.45, 7) is 0.979. The van der Waals surface area contributed by atoms with Crippen LogP contribution in [0.25, 0.3) is 0 Å². The van der Waals surface area contributed by atoms with Crippen LogP contribution in [-0.2, 0) is 13.6 Å². The van der Waals surface area contributed by atoms with Crippen molar-refractivity contribution in [1.29, 1.82) is 0 Å². The van der Waals surface area contributed by atoms with Gasteiger partial charge in [0.2, 0.25) is 0 Å². The molecule has 114 valence electrons. The molecule has 0 aliphatic carbocycles. The third-order valence-corrected chi connectivity index (χ3v) is 3.17. The molecule has 1 atom stereocenters. The van der Waals surface area contributed by atoms with Crippen molar-refractivity contribution in [3.63, 3.8) is 0 Å². The molecule has 0 saturated carbocycles. The first-order valence-electron chi connectivity index (χ1n) is 6.35. The number of rotatable bonds is 7. The van der Waals surface area contributed by atoms with E-state index >= 15 is 0 Å². The van der Waals surface area contributed by atoms with Crippen molar-refractivity contribution in [2.75, 3.05) is 13.2 Å². The Hall–Kier alpha value is -1.34. The second kappa shape index (κ2) is 7.61. The number of benzene rings is 1. The zero-order chi connectivity index (χ0) is 15.2. The van der Waals surface area contributed by atoms with Gasteiger partial charge in [-0.25, -0.2) is 4.98 Å². The van der Waals surface area contributed by atoms with Gasteiger partial charge < -0.3 is 15.2 Å². The molecule has 0 radical (unpaired) electrons. The zero-order valence-electron chi connectivity index (χ0n) is 11.5. The summed E-state index contributed by atoms with van der Waals surface area (Å²) in [5, 5.41) is 18.0. The van der Waals surface area contributed by atoms with Gasteiger partial charge in [0.05, 0.1) is 11.6 Å². The molecule has 21 heavy (non-hydrogen) atoms. The number of nitrogens with one attached hydrogen (secondary N) is 1. The minimum absolute atomic E-state index is 0.129. The Morgan fingerprint density at radius 2 is 2.24 bits per heavy atom. The fourth-order valence-corrected chi connectivity index (χ4v) is 2.12. The SMILES string of the molecule is Cn1cnc(CNCC(O)COc2ccc(Cl)cc2Cl)n1. The summed E-state index contributed by atoms with van der Waals surface area (Å²) in [5.41, 5.74) is 0. The number of hydrogen-bond acceptors (Lipinski definition) is 5. The minimum Gasteiger partial charge on any atom is -0.489 e. The van der Waals surface area contributed by atoms with Gasteiger partial charge in [0.25, 0.3) is 0 Å². The first kappa shape index (κ1) is 16.0. The Labute approximate surface area is 132 Å². The van der Waals surface area contributed by atoms with Gasteiger partial charge in [0, 0.05) is 18.6 Å². The highest BCUT2D eigenvalue weighted by molar-refractivity contribution is 6.35. The predicted octanol–water partition coefficient (Wildman–Crippen LogP) is 1.65. The smallest absolute Gasteiger partial charge is 0.164 e. The lowest BCUT2D eigenvalue weighted by molar-refractivity contribution is 0.106. The predicted molar refractivity (Wildman–Crippen MR) is 80.7 cm³/mol. The van der Waals surface area contributed by atoms with Gasteiger partial charge in [0.15, 0.2) is 5.82 Å². The van der Waals surface area contributed by atoms with E-state index in [-0.39, 0.29) is 6.61 Å². The van der Waals surface area contributed by atoms with Gasteiger partial charge in [-0.15, -0.1) is 0 Å². The lowest BCUT2D eigenvalue weighted by Gasteiger charge is -2.13. The van der Waals surface area contributed by atoms with Crippen LogP contribution in [0.15, 0.2) is 24.5 Å². The van der Waals surface area contributed by atoms with Crippen LogP contribution >= 0.6 is 23.2 Å². The molecule has 1 heterocycles. The van der Waals surface area contributed by atoms with E-state index in [1.165, 1.54) is 0 Å². The normalized spacial score (nSPS) is 12.4. The van der Waals surface area contributed by atoms with Crippen LogP contribution in [0.4, 0.5) is 0 Å². The summed E-state index contributed by atoms with van der Waals surface area (Å²) in [6, 6.07) is 4.94. The quantitative estimate of drug-likeness (QED) is 0.807. The van der Waals surface area contributed by atoms with Gasteiger partial charge in [0.1, 0.15) is 24.8 Å². The van der Waals surface area contributed by atoms with Gasteiger partial charge in [-0.2, -0.15) is 5.10 Å². The number of aliphatic hydroxyl groups is 1. The molecule has 1 aromatic carbocycles. The summed E-state index contributed by atoms with van der Waals surface area (Å²) in [4.78, 5) is 4.07. The highest BCUT2D eigenvalue weighted by Crippen LogP contribution is 2.27. The topological polar surface area (TPSA) is 72.2 Å². The molecular weight excluding hydrogens is 315 g/mol. The van der Waals surface area contributed by atoms with Gasteiger partial charge in [-0.3, -0.25) is 4.68 Å². The summed E-state index contributed by atoms with van der Waals surface area (Å²) in [6.07, 6.45) is 0.958. The largest absolute Gasteiger partial charge is 0.489 e. The van der Waals surface area contributed by atoms with Crippen molar-refractivity contribution in [1.82, 2.24) is 20.1 Å². The van der Waals surface area contributed by atoms with Crippen molar-refractivity contribution in [3.8, 4) is 5.75 Å². The molecule has 0 aliphatic rings. The Morgan fingerprint density at radius 3 is 2.90 bits per heavy atom. The summed E-state index contributed by atoms with van der Waals surface area (Å²) in [7, 11) is 1.80. The maximum Gasteiger partial charge on any atom is 0.164 e. The molecule has 2 N–H and O–H groups in total. The number of ether oxygens (including phenoxy) is 1. The van der Waals surface area contributed by atoms with Crippen molar-refractivity contribution in [2.24, 2.45) is 7.05 Å². The summed E-state index contributed by atoms with van der Waals surface area (Å²) < 4.78 is 7.07. The number of aromatic nitrogens is 3. The highest BCUT2D eigenvalue weighted by atomic mass is 35.5. The standard InChI is InChI=1S/C13H16Cl2N4O2/c1-19-8-17-13(18-19)6-16-5-10(20)7-21-12-3-2-9(14)4-11(12)15/h2-4,8,10,16,20H,5-7H2,1H3. The lowest BCUT2D eigenvalue weighted by Crippen LogP contribution is -2.31. The average molecular weight is 331 g/mol. The van der Waals surface area contributed by atoms with Crippen LogP contribution in [0.5, 0.6) is 5.75 Å². The Bertz CT molecular complexity index is 591. The third kappa shape index (κ3) is 5.17. The number of nitrogens with zero attached hydrogens (tertiary/aromatic N) is 3. The van der Waals surface area contributed by atoms with Crippen molar-refractivity contribution in [3.05, 3.63) is 40.4 Å². The molecule has 1 aromatic heterocycles. The molecular formula is C13H16Cl2N4O2. The fourth-order valence-electron chi connectivity index (χ4n) is 1.65. The van der Waals surface area contributed by atoms with Crippen LogP contribution in [0.1, 0.15) is 5.82 Å². The van der Waals surface area contributed by atoms with E-state index < -0.39 is 6.10 Å². The van der Waals surface area contributed by atoms with Gasteiger partial charge in [-0.05, 0) is 18.2 Å². The summed E-state index contributed by atoms with van der Waals surface area (Å²) in [5.74, 6) is 1.16. The molecule has 8 heteroatoms. The van der Waals surface area contributed by atoms with E-state index in [4.69, 9.17) is 27.9 Å². The highest BCUT2D eigenvalue weighted by Gasteiger charge is 2.08. The Kier molecular flexibility index (Phi) is 5.81. The Morgan fingerprint density at radius 1 is 1.43 bits per heavy atom. The van der Waals surface area contributed by atoms with E-state index in [1.807, 2.05) is 0 Å². The van der Waals surface area contributed by atoms with E-state index in [0.717, 1.165) is 0 Å². The van der Waals surface area contributed by atoms with E-state index in [9.17, 15) is 5.11 Å². The summed E-state index contributed by atoms with van der Waals surface area (Å²) >= 11 is 11.8. The van der Waals surface area contributed by atoms with E-state index in [0.29, 0.717) is 34.7 Å². The minimum atomic E-state index is -0.666. The molecule has 0 bridgehead atoms. The second-order valence-corrected chi connectivity index (χ2v) is 5.35. The molecule has 2 aromatic rings. The van der Waals surface area contributed by atoms with Gasteiger partial charge >= 0.3 is 0 Å². The Balaban J connectivity index is 1.70. The van der Waals surface area contributed by atoms with Crippen LogP contribution in [-0.4, -0.2) is 39.1 Å². The monoisotopic (exact) mass is 330 g/mol. The van der Waals surface area contributed by atoms with Crippen LogP contribution in [0.3, 0.4) is 0 Å². The van der Waals surface area contributed by atoms with E-state index in [1.54, 1.807) is 36.3 Å². The molecule has 0 saturated heterocycles.